The van der Waals surface area contributed by atoms with Crippen LogP contribution in [0.2, 0.25) is 0 Å². The van der Waals surface area contributed by atoms with Crippen LogP contribution in [-0.2, 0) is 0 Å². The number of rotatable bonds is 5. The maximum Gasteiger partial charge on any atom is 0.251 e. The minimum absolute atomic E-state index is 0.0486. The molecule has 0 atom stereocenters. The summed E-state index contributed by atoms with van der Waals surface area (Å²) in [6.07, 6.45) is 10.1. The van der Waals surface area contributed by atoms with E-state index in [0.717, 1.165) is 12.8 Å². The molecule has 1 aromatic rings. The molecule has 1 aliphatic rings. The zero-order chi connectivity index (χ0) is 15.8. The molecule has 0 aliphatic heterocycles. The fourth-order valence-corrected chi connectivity index (χ4v) is 2.84. The first-order chi connectivity index (χ1) is 10.7. The van der Waals surface area contributed by atoms with Crippen LogP contribution >= 0.6 is 0 Å². The summed E-state index contributed by atoms with van der Waals surface area (Å²) < 4.78 is 5.43. The molecule has 1 saturated carbocycles. The maximum absolute atomic E-state index is 12.4. The van der Waals surface area contributed by atoms with Gasteiger partial charge in [-0.15, -0.1) is 0 Å². The number of anilines is 1. The van der Waals surface area contributed by atoms with Crippen LogP contribution in [0.15, 0.2) is 30.9 Å². The molecule has 22 heavy (non-hydrogen) atoms. The van der Waals surface area contributed by atoms with Crippen molar-refractivity contribution in [1.82, 2.24) is 5.32 Å². The number of hydrogen-bond donors (Lipinski definition) is 2. The Balaban J connectivity index is 1.96. The van der Waals surface area contributed by atoms with Gasteiger partial charge in [-0.25, -0.2) is 0 Å². The fraction of sp³-hybridized carbons (Fsp3) is 0.500. The molecular weight excluding hydrogens is 276 g/mol. The van der Waals surface area contributed by atoms with Gasteiger partial charge in [-0.1, -0.05) is 44.8 Å². The monoisotopic (exact) mass is 302 g/mol. The molecule has 0 aromatic heterocycles. The van der Waals surface area contributed by atoms with Crippen molar-refractivity contribution < 1.29 is 9.53 Å². The minimum Gasteiger partial charge on any atom is -0.487 e. The van der Waals surface area contributed by atoms with Gasteiger partial charge in [0.15, 0.2) is 0 Å². The second kappa shape index (κ2) is 8.47. The molecule has 0 radical (unpaired) electrons. The highest BCUT2D eigenvalue weighted by Gasteiger charge is 2.16. The van der Waals surface area contributed by atoms with Gasteiger partial charge in [-0.05, 0) is 31.0 Å². The number of nitrogen functional groups attached to an aromatic ring is 1. The van der Waals surface area contributed by atoms with Crippen molar-refractivity contribution in [2.24, 2.45) is 0 Å². The van der Waals surface area contributed by atoms with Gasteiger partial charge in [0.25, 0.3) is 5.91 Å². The molecule has 1 fully saturated rings. The predicted molar refractivity (Wildman–Crippen MR) is 90.1 cm³/mol. The standard InChI is InChI=1S/C18H26N2O2/c1-2-12-22-17-11-10-14(13-16(17)19)18(21)20-15-8-6-4-3-5-7-9-15/h2,10-11,13,15H,1,3-9,12,19H2,(H,20,21). The van der Waals surface area contributed by atoms with E-state index in [9.17, 15) is 4.79 Å². The Morgan fingerprint density at radius 1 is 1.27 bits per heavy atom. The smallest absolute Gasteiger partial charge is 0.251 e. The molecule has 0 spiro atoms. The van der Waals surface area contributed by atoms with E-state index in [1.807, 2.05) is 0 Å². The van der Waals surface area contributed by atoms with Crippen molar-refractivity contribution >= 4 is 11.6 Å². The predicted octanol–water partition coefficient (Wildman–Crippen LogP) is 3.68. The summed E-state index contributed by atoms with van der Waals surface area (Å²) >= 11 is 0. The molecule has 4 nitrogen and oxygen atoms in total. The van der Waals surface area contributed by atoms with E-state index in [0.29, 0.717) is 23.6 Å². The van der Waals surface area contributed by atoms with E-state index in [4.69, 9.17) is 10.5 Å². The van der Waals surface area contributed by atoms with Crippen LogP contribution in [0.4, 0.5) is 5.69 Å². The number of hydrogen-bond acceptors (Lipinski definition) is 3. The molecular formula is C18H26N2O2. The van der Waals surface area contributed by atoms with Gasteiger partial charge in [0.05, 0.1) is 5.69 Å². The zero-order valence-corrected chi connectivity index (χ0v) is 13.1. The van der Waals surface area contributed by atoms with Gasteiger partial charge in [0.2, 0.25) is 0 Å². The van der Waals surface area contributed by atoms with Crippen LogP contribution in [0, 0.1) is 0 Å². The summed E-state index contributed by atoms with van der Waals surface area (Å²) in [5.74, 6) is 0.537. The lowest BCUT2D eigenvalue weighted by atomic mass is 9.96. The fourth-order valence-electron chi connectivity index (χ4n) is 2.84. The summed E-state index contributed by atoms with van der Waals surface area (Å²) in [5, 5.41) is 3.14. The van der Waals surface area contributed by atoms with Crippen molar-refractivity contribution in [2.75, 3.05) is 12.3 Å². The van der Waals surface area contributed by atoms with Crippen molar-refractivity contribution in [2.45, 2.75) is 51.0 Å². The Kier molecular flexibility index (Phi) is 6.31. The normalized spacial score (nSPS) is 16.4. The van der Waals surface area contributed by atoms with Gasteiger partial charge < -0.3 is 15.8 Å². The van der Waals surface area contributed by atoms with Gasteiger partial charge in [-0.3, -0.25) is 4.79 Å². The van der Waals surface area contributed by atoms with E-state index in [1.165, 1.54) is 32.1 Å². The van der Waals surface area contributed by atoms with Crippen molar-refractivity contribution in [3.8, 4) is 5.75 Å². The second-order valence-electron chi connectivity index (χ2n) is 5.87. The third-order valence-electron chi connectivity index (χ3n) is 4.07. The van der Waals surface area contributed by atoms with Gasteiger partial charge in [0, 0.05) is 11.6 Å². The van der Waals surface area contributed by atoms with Crippen LogP contribution in [0.1, 0.15) is 55.3 Å². The summed E-state index contributed by atoms with van der Waals surface area (Å²) in [6, 6.07) is 5.46. The molecule has 3 N–H and O–H groups in total. The van der Waals surface area contributed by atoms with E-state index in [2.05, 4.69) is 11.9 Å². The topological polar surface area (TPSA) is 64.3 Å². The van der Waals surface area contributed by atoms with Crippen LogP contribution < -0.4 is 15.8 Å². The molecule has 1 amide bonds. The molecule has 120 valence electrons. The van der Waals surface area contributed by atoms with Crippen LogP contribution in [-0.4, -0.2) is 18.6 Å². The highest BCUT2D eigenvalue weighted by atomic mass is 16.5. The van der Waals surface area contributed by atoms with E-state index >= 15 is 0 Å². The zero-order valence-electron chi connectivity index (χ0n) is 13.1. The van der Waals surface area contributed by atoms with E-state index < -0.39 is 0 Å². The van der Waals surface area contributed by atoms with Crippen LogP contribution in [0.3, 0.4) is 0 Å². The first kappa shape index (κ1) is 16.4. The average Bonchev–Trinajstić information content (AvgIpc) is 2.48. The number of carbonyl (C=O) groups is 1. The Labute approximate surface area is 132 Å². The Bertz CT molecular complexity index is 506. The molecule has 0 bridgehead atoms. The lowest BCUT2D eigenvalue weighted by molar-refractivity contribution is 0.0930. The SMILES string of the molecule is C=CCOc1ccc(C(=O)NC2CCCCCCC2)cc1N. The molecule has 0 saturated heterocycles. The number of ether oxygens (including phenoxy) is 1. The van der Waals surface area contributed by atoms with Crippen molar-refractivity contribution in [3.63, 3.8) is 0 Å². The molecule has 0 unspecified atom stereocenters. The van der Waals surface area contributed by atoms with Crippen molar-refractivity contribution in [1.29, 1.82) is 0 Å². The summed E-state index contributed by atoms with van der Waals surface area (Å²) in [7, 11) is 0. The molecule has 0 heterocycles. The second-order valence-corrected chi connectivity index (χ2v) is 5.87. The lowest BCUT2D eigenvalue weighted by Crippen LogP contribution is -2.35. The van der Waals surface area contributed by atoms with Gasteiger partial charge in [-0.2, -0.15) is 0 Å². The third-order valence-corrected chi connectivity index (χ3v) is 4.07. The first-order valence-corrected chi connectivity index (χ1v) is 8.15. The van der Waals surface area contributed by atoms with Crippen molar-refractivity contribution in [3.05, 3.63) is 36.4 Å². The van der Waals surface area contributed by atoms with E-state index in [-0.39, 0.29) is 11.9 Å². The number of benzene rings is 1. The van der Waals surface area contributed by atoms with Crippen LogP contribution in [0.25, 0.3) is 0 Å². The molecule has 2 rings (SSSR count). The Hall–Kier alpha value is -1.97. The highest BCUT2D eigenvalue weighted by Crippen LogP contribution is 2.23. The maximum atomic E-state index is 12.4. The van der Waals surface area contributed by atoms with Gasteiger partial charge >= 0.3 is 0 Å². The lowest BCUT2D eigenvalue weighted by Gasteiger charge is -2.21. The average molecular weight is 302 g/mol. The van der Waals surface area contributed by atoms with E-state index in [1.54, 1.807) is 24.3 Å². The molecule has 1 aromatic carbocycles. The summed E-state index contributed by atoms with van der Waals surface area (Å²) in [5.41, 5.74) is 7.01. The molecule has 4 heteroatoms. The third kappa shape index (κ3) is 4.79. The number of nitrogens with one attached hydrogen (secondary N) is 1. The number of carbonyl (C=O) groups excluding carboxylic acids is 1. The highest BCUT2D eigenvalue weighted by molar-refractivity contribution is 5.95. The largest absolute Gasteiger partial charge is 0.487 e. The number of amides is 1. The molecule has 1 aliphatic carbocycles. The Morgan fingerprint density at radius 3 is 2.59 bits per heavy atom. The Morgan fingerprint density at radius 2 is 1.95 bits per heavy atom. The van der Waals surface area contributed by atoms with Gasteiger partial charge in [0.1, 0.15) is 12.4 Å². The minimum atomic E-state index is -0.0486. The summed E-state index contributed by atoms with van der Waals surface area (Å²) in [6.45, 7) is 4.00. The first-order valence-electron chi connectivity index (χ1n) is 8.15. The summed E-state index contributed by atoms with van der Waals surface area (Å²) in [4.78, 5) is 12.4. The quantitative estimate of drug-likeness (QED) is 0.644. The number of nitrogens with two attached hydrogens (primary N) is 1. The van der Waals surface area contributed by atoms with Crippen LogP contribution in [0.5, 0.6) is 5.75 Å².